The Balaban J connectivity index is 1.13. The lowest BCUT2D eigenvalue weighted by atomic mass is 10.0. The molecule has 6 aromatic rings. The number of benzene rings is 4. The lowest BCUT2D eigenvalue weighted by Gasteiger charge is -2.28. The number of amides is 2. The zero-order valence-corrected chi connectivity index (χ0v) is 36.2. The minimum Gasteiger partial charge on any atom is -0.494 e. The number of carboxylic acids is 1. The SMILES string of the molecule is NCCCOc1ccc(CC(C(=O)O)N(C(=O)CCCCCOc2[nH]c(=O)c(-c3ccccc3)cc2-c2ccccc2)C(=O)c2ccc(NNCc3ccccc3S(=O)(=O)O)nc2)cc1. The molecule has 2 amide bonds. The molecule has 338 valence electrons. The Morgan fingerprint density at radius 1 is 0.785 bits per heavy atom. The van der Waals surface area contributed by atoms with E-state index < -0.39 is 33.9 Å². The van der Waals surface area contributed by atoms with Gasteiger partial charge in [-0.1, -0.05) is 91.0 Å². The first kappa shape index (κ1) is 47.3. The van der Waals surface area contributed by atoms with Gasteiger partial charge in [-0.15, -0.1) is 0 Å². The van der Waals surface area contributed by atoms with E-state index in [2.05, 4.69) is 20.8 Å². The van der Waals surface area contributed by atoms with Crippen molar-refractivity contribution >= 4 is 33.7 Å². The predicted octanol–water partition coefficient (Wildman–Crippen LogP) is 6.50. The average molecular weight is 903 g/mol. The summed E-state index contributed by atoms with van der Waals surface area (Å²) in [6.07, 6.45) is 2.78. The Labute approximate surface area is 376 Å². The van der Waals surface area contributed by atoms with E-state index in [0.29, 0.717) is 67.2 Å². The Morgan fingerprint density at radius 2 is 1.45 bits per heavy atom. The van der Waals surface area contributed by atoms with E-state index in [9.17, 15) is 37.3 Å². The van der Waals surface area contributed by atoms with Gasteiger partial charge in [-0.25, -0.2) is 15.2 Å². The van der Waals surface area contributed by atoms with Crippen LogP contribution in [0.4, 0.5) is 5.82 Å². The minimum absolute atomic E-state index is 0.0239. The molecule has 1 atom stereocenters. The number of hydrogen-bond acceptors (Lipinski definition) is 12. The summed E-state index contributed by atoms with van der Waals surface area (Å²) < 4.78 is 44.9. The van der Waals surface area contributed by atoms with E-state index in [4.69, 9.17) is 15.2 Å². The van der Waals surface area contributed by atoms with Crippen molar-refractivity contribution in [1.29, 1.82) is 0 Å². The van der Waals surface area contributed by atoms with Gasteiger partial charge in [0.05, 0.1) is 23.7 Å². The van der Waals surface area contributed by atoms with Gasteiger partial charge in [0.2, 0.25) is 11.8 Å². The molecule has 2 aromatic heterocycles. The predicted molar refractivity (Wildman–Crippen MR) is 245 cm³/mol. The van der Waals surface area contributed by atoms with Gasteiger partial charge in [-0.05, 0) is 90.9 Å². The molecule has 0 aliphatic heterocycles. The quantitative estimate of drug-likeness (QED) is 0.0229. The Bertz CT molecular complexity index is 2700. The molecular formula is C48H50N6O10S. The fourth-order valence-corrected chi connectivity index (χ4v) is 7.66. The number of rotatable bonds is 23. The van der Waals surface area contributed by atoms with Gasteiger partial charge >= 0.3 is 5.97 Å². The van der Waals surface area contributed by atoms with E-state index in [1.165, 1.54) is 36.5 Å². The zero-order valence-electron chi connectivity index (χ0n) is 35.4. The number of anilines is 1. The molecule has 16 nitrogen and oxygen atoms in total. The van der Waals surface area contributed by atoms with Crippen LogP contribution in [-0.2, 0) is 32.7 Å². The molecule has 0 radical (unpaired) electrons. The van der Waals surface area contributed by atoms with Crippen molar-refractivity contribution in [1.82, 2.24) is 20.3 Å². The van der Waals surface area contributed by atoms with Crippen molar-refractivity contribution in [3.05, 3.63) is 161 Å². The fraction of sp³-hybridized carbons (Fsp3) is 0.229. The van der Waals surface area contributed by atoms with Crippen LogP contribution in [-0.4, -0.2) is 76.5 Å². The molecule has 0 aliphatic rings. The number of aromatic nitrogens is 2. The Morgan fingerprint density at radius 3 is 2.09 bits per heavy atom. The highest BCUT2D eigenvalue weighted by Crippen LogP contribution is 2.31. The van der Waals surface area contributed by atoms with E-state index in [1.54, 1.807) is 36.4 Å². The maximum absolute atomic E-state index is 14.2. The summed E-state index contributed by atoms with van der Waals surface area (Å²) in [6, 6.07) is 34.5. The number of ether oxygens (including phenoxy) is 2. The number of hydrogen-bond donors (Lipinski definition) is 6. The summed E-state index contributed by atoms with van der Waals surface area (Å²) in [4.78, 5) is 61.9. The number of nitrogens with two attached hydrogens (primary N) is 1. The number of aliphatic carboxylic acids is 1. The maximum Gasteiger partial charge on any atom is 0.327 e. The molecule has 4 aromatic carbocycles. The van der Waals surface area contributed by atoms with Gasteiger partial charge in [0.1, 0.15) is 17.6 Å². The van der Waals surface area contributed by atoms with Crippen LogP contribution >= 0.6 is 0 Å². The summed E-state index contributed by atoms with van der Waals surface area (Å²) in [5.74, 6) is -1.85. The molecule has 0 bridgehead atoms. The van der Waals surface area contributed by atoms with Gasteiger partial charge < -0.3 is 25.7 Å². The molecule has 1 unspecified atom stereocenters. The third kappa shape index (κ3) is 13.2. The highest BCUT2D eigenvalue weighted by Gasteiger charge is 2.35. The Kier molecular flexibility index (Phi) is 16.7. The highest BCUT2D eigenvalue weighted by atomic mass is 32.2. The van der Waals surface area contributed by atoms with Gasteiger partial charge in [0, 0.05) is 36.7 Å². The molecule has 0 saturated heterocycles. The van der Waals surface area contributed by atoms with E-state index in [-0.39, 0.29) is 53.4 Å². The summed E-state index contributed by atoms with van der Waals surface area (Å²) in [7, 11) is -4.46. The van der Waals surface area contributed by atoms with Crippen molar-refractivity contribution in [3.63, 3.8) is 0 Å². The number of H-pyrrole nitrogens is 1. The van der Waals surface area contributed by atoms with E-state index in [1.807, 2.05) is 60.7 Å². The lowest BCUT2D eigenvalue weighted by molar-refractivity contribution is -0.148. The topological polar surface area (TPSA) is 243 Å². The summed E-state index contributed by atoms with van der Waals surface area (Å²) in [5.41, 5.74) is 14.5. The molecule has 0 aliphatic carbocycles. The van der Waals surface area contributed by atoms with Crippen LogP contribution in [0.1, 0.15) is 53.6 Å². The maximum atomic E-state index is 14.2. The molecular weight excluding hydrogens is 853 g/mol. The number of aromatic amines is 1. The Hall–Kier alpha value is -7.18. The normalized spacial score (nSPS) is 11.7. The highest BCUT2D eigenvalue weighted by molar-refractivity contribution is 7.85. The minimum atomic E-state index is -4.46. The first-order valence-electron chi connectivity index (χ1n) is 20.9. The number of nitrogens with one attached hydrogen (secondary N) is 3. The molecule has 6 rings (SSSR count). The van der Waals surface area contributed by atoms with Gasteiger partial charge in [0.25, 0.3) is 21.6 Å². The van der Waals surface area contributed by atoms with Crippen molar-refractivity contribution < 1.29 is 41.9 Å². The van der Waals surface area contributed by atoms with Crippen molar-refractivity contribution in [3.8, 4) is 33.9 Å². The number of nitrogens with zero attached hydrogens (tertiary/aromatic N) is 2. The first-order valence-corrected chi connectivity index (χ1v) is 22.4. The third-order valence-corrected chi connectivity index (χ3v) is 11.2. The second kappa shape index (κ2) is 23.0. The van der Waals surface area contributed by atoms with Crippen LogP contribution in [0.5, 0.6) is 11.6 Å². The van der Waals surface area contributed by atoms with Crippen LogP contribution in [0.2, 0.25) is 0 Å². The third-order valence-electron chi connectivity index (χ3n) is 10.3. The smallest absolute Gasteiger partial charge is 0.327 e. The number of carboxylic acid groups (broad SMARTS) is 1. The first-order chi connectivity index (χ1) is 31.4. The molecule has 0 saturated carbocycles. The number of imide groups is 1. The van der Waals surface area contributed by atoms with Gasteiger partial charge in [-0.3, -0.25) is 28.8 Å². The number of pyridine rings is 2. The molecule has 2 heterocycles. The van der Waals surface area contributed by atoms with Crippen LogP contribution in [0.3, 0.4) is 0 Å². The standard InChI is InChI=1S/C48H50N6O10S/c49-26-12-28-63-38-23-20-33(21-24-38)29-41(48(58)59)54(47(57)37-22-25-43(50-31-37)53-51-32-36-17-9-10-18-42(36)65(60,61)62)44(55)19-8-3-11-27-64-46-40(35-15-6-2-7-16-35)30-39(45(56)52-46)34-13-4-1-5-14-34/h1-2,4-7,9-10,13-18,20-25,30-31,41,51H,3,8,11-12,19,26-29,32,49H2,(H,50,53)(H,52,56)(H,58,59)(H,60,61,62). The van der Waals surface area contributed by atoms with Crippen molar-refractivity contribution in [2.75, 3.05) is 25.2 Å². The molecule has 0 fully saturated rings. The van der Waals surface area contributed by atoms with Crippen LogP contribution in [0.25, 0.3) is 22.3 Å². The van der Waals surface area contributed by atoms with E-state index in [0.717, 1.165) is 16.0 Å². The second-order valence-electron chi connectivity index (χ2n) is 14.9. The number of carbonyl (C=O) groups excluding carboxylic acids is 2. The number of unbranched alkanes of at least 4 members (excludes halogenated alkanes) is 2. The van der Waals surface area contributed by atoms with Crippen molar-refractivity contribution in [2.24, 2.45) is 5.73 Å². The number of hydrazine groups is 1. The number of carbonyl (C=O) groups is 3. The molecule has 17 heteroatoms. The van der Waals surface area contributed by atoms with Crippen LogP contribution in [0.15, 0.2) is 143 Å². The van der Waals surface area contributed by atoms with Crippen LogP contribution in [0, 0.1) is 0 Å². The summed E-state index contributed by atoms with van der Waals surface area (Å²) in [5, 5.41) is 10.5. The second-order valence-corrected chi connectivity index (χ2v) is 16.3. The molecule has 65 heavy (non-hydrogen) atoms. The average Bonchev–Trinajstić information content (AvgIpc) is 3.31. The largest absolute Gasteiger partial charge is 0.494 e. The fourth-order valence-electron chi connectivity index (χ4n) is 6.94. The van der Waals surface area contributed by atoms with E-state index >= 15 is 0 Å². The molecule has 7 N–H and O–H groups in total. The zero-order chi connectivity index (χ0) is 46.2. The summed E-state index contributed by atoms with van der Waals surface area (Å²) >= 11 is 0. The summed E-state index contributed by atoms with van der Waals surface area (Å²) in [6.45, 7) is 1.05. The van der Waals surface area contributed by atoms with Crippen molar-refractivity contribution in [2.45, 2.75) is 56.0 Å². The lowest BCUT2D eigenvalue weighted by Crippen LogP contribution is -2.49. The van der Waals surface area contributed by atoms with Gasteiger partial charge in [-0.2, -0.15) is 8.42 Å². The monoisotopic (exact) mass is 902 g/mol. The van der Waals surface area contributed by atoms with Crippen LogP contribution < -0.4 is 31.6 Å². The molecule has 0 spiro atoms. The van der Waals surface area contributed by atoms with Gasteiger partial charge in [0.15, 0.2) is 0 Å².